The molecule has 6 heteroatoms. The van der Waals surface area contributed by atoms with Crippen LogP contribution in [0.2, 0.25) is 0 Å². The van der Waals surface area contributed by atoms with Gasteiger partial charge >= 0.3 is 0 Å². The second-order valence-electron chi connectivity index (χ2n) is 3.56. The van der Waals surface area contributed by atoms with Crippen LogP contribution in [0.5, 0.6) is 0 Å². The minimum Gasteiger partial charge on any atom is -0.293 e. The topological polar surface area (TPSA) is 51.2 Å². The first-order valence-corrected chi connectivity index (χ1v) is 7.96. The average Bonchev–Trinajstić information content (AvgIpc) is 2.71. The molecule has 0 amide bonds. The van der Waals surface area contributed by atoms with Gasteiger partial charge in [-0.25, -0.2) is 8.42 Å². The zero-order valence-corrected chi connectivity index (χ0v) is 11.0. The lowest BCUT2D eigenvalue weighted by Crippen LogP contribution is -2.15. The van der Waals surface area contributed by atoms with Gasteiger partial charge in [-0.3, -0.25) is 4.79 Å². The van der Waals surface area contributed by atoms with E-state index in [0.717, 1.165) is 4.47 Å². The van der Waals surface area contributed by atoms with Gasteiger partial charge in [0.05, 0.1) is 16.4 Å². The van der Waals surface area contributed by atoms with E-state index < -0.39 is 9.84 Å². The van der Waals surface area contributed by atoms with Crippen molar-refractivity contribution in [3.8, 4) is 0 Å². The molecule has 1 aromatic heterocycles. The van der Waals surface area contributed by atoms with E-state index in [9.17, 15) is 13.2 Å². The minimum atomic E-state index is -2.98. The van der Waals surface area contributed by atoms with Gasteiger partial charge < -0.3 is 0 Å². The van der Waals surface area contributed by atoms with Crippen LogP contribution in [0.3, 0.4) is 0 Å². The Labute approximate surface area is 101 Å². The molecule has 0 spiro atoms. The number of thiophene rings is 1. The van der Waals surface area contributed by atoms with Gasteiger partial charge in [-0.15, -0.1) is 11.3 Å². The quantitative estimate of drug-likeness (QED) is 0.786. The maximum absolute atomic E-state index is 11.9. The summed E-state index contributed by atoms with van der Waals surface area (Å²) < 4.78 is 23.2. The fraction of sp³-hybridized carbons (Fsp3) is 0.444. The molecule has 0 N–H and O–H groups in total. The van der Waals surface area contributed by atoms with Crippen molar-refractivity contribution in [2.75, 3.05) is 11.5 Å². The highest BCUT2D eigenvalue weighted by atomic mass is 79.9. The Morgan fingerprint density at radius 3 is 2.73 bits per heavy atom. The van der Waals surface area contributed by atoms with E-state index in [1.807, 2.05) is 5.38 Å². The Kier molecular flexibility index (Phi) is 3.00. The number of halogens is 1. The number of rotatable bonds is 2. The molecule has 1 atom stereocenters. The highest BCUT2D eigenvalue weighted by Gasteiger charge is 2.34. The molecule has 0 aliphatic carbocycles. The molecule has 3 nitrogen and oxygen atoms in total. The summed E-state index contributed by atoms with van der Waals surface area (Å²) in [4.78, 5) is 12.6. The summed E-state index contributed by atoms with van der Waals surface area (Å²) in [5.74, 6) is -0.231. The lowest BCUT2D eigenvalue weighted by molar-refractivity contribution is 0.0936. The molecular weight excluding hydrogens is 300 g/mol. The van der Waals surface area contributed by atoms with Crippen LogP contribution in [0.4, 0.5) is 0 Å². The Morgan fingerprint density at radius 2 is 2.27 bits per heavy atom. The van der Waals surface area contributed by atoms with Gasteiger partial charge in [-0.2, -0.15) is 0 Å². The standard InChI is InChI=1S/C9H9BrO3S2/c10-7-1-3-14-9(7)8(11)6-2-4-15(12,13)5-6/h1,3,6H,2,4-5H2. The summed E-state index contributed by atoms with van der Waals surface area (Å²) in [6.45, 7) is 0. The van der Waals surface area contributed by atoms with E-state index in [1.165, 1.54) is 11.3 Å². The lowest BCUT2D eigenvalue weighted by Gasteiger charge is -2.04. The normalized spacial score (nSPS) is 24.2. The van der Waals surface area contributed by atoms with E-state index in [1.54, 1.807) is 6.07 Å². The van der Waals surface area contributed by atoms with E-state index in [4.69, 9.17) is 0 Å². The third-order valence-corrected chi connectivity index (χ3v) is 6.06. The molecule has 0 saturated carbocycles. The van der Waals surface area contributed by atoms with Crippen LogP contribution in [0.1, 0.15) is 16.1 Å². The maximum Gasteiger partial charge on any atom is 0.178 e. The van der Waals surface area contributed by atoms with Crippen LogP contribution in [-0.2, 0) is 9.84 Å². The maximum atomic E-state index is 11.9. The van der Waals surface area contributed by atoms with Gasteiger partial charge in [0.2, 0.25) is 0 Å². The smallest absolute Gasteiger partial charge is 0.178 e. The first-order chi connectivity index (χ1) is 6.99. The second-order valence-corrected chi connectivity index (χ2v) is 7.56. The molecule has 2 rings (SSSR count). The van der Waals surface area contributed by atoms with Crippen molar-refractivity contribution in [1.29, 1.82) is 0 Å². The van der Waals surface area contributed by atoms with E-state index in [0.29, 0.717) is 11.3 Å². The van der Waals surface area contributed by atoms with Crippen molar-refractivity contribution in [2.24, 2.45) is 5.92 Å². The third-order valence-electron chi connectivity index (χ3n) is 2.44. The van der Waals surface area contributed by atoms with E-state index in [-0.39, 0.29) is 23.2 Å². The predicted molar refractivity (Wildman–Crippen MR) is 63.1 cm³/mol. The van der Waals surface area contributed by atoms with Crippen molar-refractivity contribution in [1.82, 2.24) is 0 Å². The number of hydrogen-bond donors (Lipinski definition) is 0. The van der Waals surface area contributed by atoms with Gasteiger partial charge in [0, 0.05) is 10.4 Å². The summed E-state index contributed by atoms with van der Waals surface area (Å²) >= 11 is 4.64. The number of sulfone groups is 1. The Hall–Kier alpha value is -0.200. The van der Waals surface area contributed by atoms with Gasteiger partial charge in [-0.1, -0.05) is 0 Å². The molecule has 1 aromatic rings. The van der Waals surface area contributed by atoms with Gasteiger partial charge in [-0.05, 0) is 33.8 Å². The van der Waals surface area contributed by atoms with Crippen LogP contribution in [-0.4, -0.2) is 25.7 Å². The van der Waals surface area contributed by atoms with Crippen molar-refractivity contribution in [3.63, 3.8) is 0 Å². The zero-order chi connectivity index (χ0) is 11.1. The van der Waals surface area contributed by atoms with Crippen LogP contribution < -0.4 is 0 Å². The zero-order valence-electron chi connectivity index (χ0n) is 7.77. The number of carbonyl (C=O) groups is 1. The highest BCUT2D eigenvalue weighted by molar-refractivity contribution is 9.10. The number of hydrogen-bond acceptors (Lipinski definition) is 4. The van der Waals surface area contributed by atoms with Gasteiger partial charge in [0.15, 0.2) is 15.6 Å². The molecule has 1 saturated heterocycles. The monoisotopic (exact) mass is 308 g/mol. The molecule has 0 radical (unpaired) electrons. The van der Waals surface area contributed by atoms with Crippen molar-refractivity contribution >= 4 is 42.9 Å². The summed E-state index contributed by atoms with van der Waals surface area (Å²) in [5, 5.41) is 1.82. The Morgan fingerprint density at radius 1 is 1.53 bits per heavy atom. The van der Waals surface area contributed by atoms with Crippen LogP contribution >= 0.6 is 27.3 Å². The molecule has 0 aromatic carbocycles. The summed E-state index contributed by atoms with van der Waals surface area (Å²) in [6, 6.07) is 1.81. The molecule has 2 heterocycles. The number of Topliss-reactive ketones (excluding diaryl/α,β-unsaturated/α-hetero) is 1. The van der Waals surface area contributed by atoms with Crippen LogP contribution in [0.15, 0.2) is 15.9 Å². The third kappa shape index (κ3) is 2.32. The molecule has 82 valence electrons. The first kappa shape index (κ1) is 11.3. The van der Waals surface area contributed by atoms with Crippen LogP contribution in [0.25, 0.3) is 0 Å². The molecule has 0 bridgehead atoms. The highest BCUT2D eigenvalue weighted by Crippen LogP contribution is 2.29. The molecule has 15 heavy (non-hydrogen) atoms. The number of ketones is 1. The predicted octanol–water partition coefficient (Wildman–Crippen LogP) is 2.13. The molecule has 1 unspecified atom stereocenters. The van der Waals surface area contributed by atoms with Crippen LogP contribution in [0, 0.1) is 5.92 Å². The van der Waals surface area contributed by atoms with Crippen molar-refractivity contribution in [3.05, 3.63) is 20.8 Å². The Balaban J connectivity index is 2.21. The largest absolute Gasteiger partial charge is 0.293 e. The summed E-state index contributed by atoms with van der Waals surface area (Å²) in [5.41, 5.74) is 0. The van der Waals surface area contributed by atoms with E-state index >= 15 is 0 Å². The Bertz CT molecular complexity index is 489. The summed E-state index contributed by atoms with van der Waals surface area (Å²) in [7, 11) is -2.98. The van der Waals surface area contributed by atoms with Crippen molar-refractivity contribution < 1.29 is 13.2 Å². The first-order valence-electron chi connectivity index (χ1n) is 4.47. The lowest BCUT2D eigenvalue weighted by atomic mass is 10.0. The molecular formula is C9H9BrO3S2. The fourth-order valence-electron chi connectivity index (χ4n) is 1.66. The van der Waals surface area contributed by atoms with E-state index in [2.05, 4.69) is 15.9 Å². The fourth-order valence-corrected chi connectivity index (χ4v) is 4.98. The van der Waals surface area contributed by atoms with Gasteiger partial charge in [0.25, 0.3) is 0 Å². The minimum absolute atomic E-state index is 0.0101. The SMILES string of the molecule is O=C(c1sccc1Br)C1CCS(=O)(=O)C1. The summed E-state index contributed by atoms with van der Waals surface area (Å²) in [6.07, 6.45) is 0.464. The van der Waals surface area contributed by atoms with Crippen molar-refractivity contribution in [2.45, 2.75) is 6.42 Å². The molecule has 1 aliphatic rings. The number of carbonyl (C=O) groups excluding carboxylic acids is 1. The average molecular weight is 309 g/mol. The molecule has 1 aliphatic heterocycles. The molecule has 1 fully saturated rings. The second kappa shape index (κ2) is 3.99. The van der Waals surface area contributed by atoms with Gasteiger partial charge in [0.1, 0.15) is 0 Å².